The van der Waals surface area contributed by atoms with Crippen molar-refractivity contribution in [3.8, 4) is 11.4 Å². The second kappa shape index (κ2) is 4.49. The monoisotopic (exact) mass is 254 g/mol. The number of carboxylic acid groups (broad SMARTS) is 1. The molecule has 0 aliphatic rings. The lowest BCUT2D eigenvalue weighted by Gasteiger charge is -2.00. The molecule has 1 N–H and O–H groups in total. The summed E-state index contributed by atoms with van der Waals surface area (Å²) in [5, 5.41) is 8.70. The lowest BCUT2D eigenvalue weighted by atomic mass is 10.2. The SMILES string of the molecule is O=C(O)Cc1cnc(-c2ccn3cnccc23)nc1. The fourth-order valence-corrected chi connectivity index (χ4v) is 1.91. The van der Waals surface area contributed by atoms with Crippen LogP contribution in [-0.2, 0) is 11.2 Å². The largest absolute Gasteiger partial charge is 0.481 e. The average molecular weight is 254 g/mol. The summed E-state index contributed by atoms with van der Waals surface area (Å²) < 4.78 is 1.88. The number of carbonyl (C=O) groups is 1. The Morgan fingerprint density at radius 2 is 2.05 bits per heavy atom. The highest BCUT2D eigenvalue weighted by Gasteiger charge is 2.08. The van der Waals surface area contributed by atoms with Crippen LogP contribution in [-0.4, -0.2) is 30.4 Å². The van der Waals surface area contributed by atoms with E-state index in [9.17, 15) is 4.79 Å². The highest BCUT2D eigenvalue weighted by atomic mass is 16.4. The highest BCUT2D eigenvalue weighted by Crippen LogP contribution is 2.21. The first-order valence-electron chi connectivity index (χ1n) is 5.68. The van der Waals surface area contributed by atoms with Crippen LogP contribution in [0.5, 0.6) is 0 Å². The van der Waals surface area contributed by atoms with Crippen LogP contribution in [0.1, 0.15) is 5.56 Å². The van der Waals surface area contributed by atoms with Crippen molar-refractivity contribution in [1.29, 1.82) is 0 Å². The lowest BCUT2D eigenvalue weighted by Crippen LogP contribution is -2.01. The fraction of sp³-hybridized carbons (Fsp3) is 0.0769. The number of hydrogen-bond acceptors (Lipinski definition) is 4. The van der Waals surface area contributed by atoms with Gasteiger partial charge in [0.2, 0.25) is 0 Å². The van der Waals surface area contributed by atoms with Crippen molar-refractivity contribution in [1.82, 2.24) is 19.4 Å². The van der Waals surface area contributed by atoms with E-state index in [-0.39, 0.29) is 6.42 Å². The van der Waals surface area contributed by atoms with Crippen LogP contribution in [0.3, 0.4) is 0 Å². The van der Waals surface area contributed by atoms with Gasteiger partial charge in [-0.3, -0.25) is 4.79 Å². The molecule has 3 aromatic rings. The van der Waals surface area contributed by atoms with Gasteiger partial charge in [0.25, 0.3) is 0 Å². The van der Waals surface area contributed by atoms with Gasteiger partial charge in [0, 0.05) is 30.4 Å². The number of aliphatic carboxylic acids is 1. The van der Waals surface area contributed by atoms with Gasteiger partial charge in [-0.2, -0.15) is 0 Å². The van der Waals surface area contributed by atoms with E-state index in [4.69, 9.17) is 5.11 Å². The molecule has 6 nitrogen and oxygen atoms in total. The number of rotatable bonds is 3. The fourth-order valence-electron chi connectivity index (χ4n) is 1.91. The molecular formula is C13H10N4O2. The van der Waals surface area contributed by atoms with Gasteiger partial charge in [0.05, 0.1) is 18.3 Å². The maximum atomic E-state index is 10.6. The van der Waals surface area contributed by atoms with E-state index in [1.165, 1.54) is 0 Å². The second-order valence-electron chi connectivity index (χ2n) is 4.09. The molecule has 0 saturated carbocycles. The third-order valence-electron chi connectivity index (χ3n) is 2.77. The molecule has 3 heterocycles. The number of hydrogen-bond donors (Lipinski definition) is 1. The summed E-state index contributed by atoms with van der Waals surface area (Å²) in [4.78, 5) is 23.0. The Kier molecular flexibility index (Phi) is 2.68. The second-order valence-corrected chi connectivity index (χ2v) is 4.09. The molecule has 3 rings (SSSR count). The summed E-state index contributed by atoms with van der Waals surface area (Å²) in [6.07, 6.45) is 8.31. The van der Waals surface area contributed by atoms with E-state index in [1.54, 1.807) is 24.9 Å². The predicted molar refractivity (Wildman–Crippen MR) is 67.6 cm³/mol. The summed E-state index contributed by atoms with van der Waals surface area (Å²) in [6.45, 7) is 0. The maximum absolute atomic E-state index is 10.6. The quantitative estimate of drug-likeness (QED) is 0.764. The number of nitrogens with zero attached hydrogens (tertiary/aromatic N) is 4. The molecule has 0 unspecified atom stereocenters. The Bertz CT molecular complexity index is 734. The summed E-state index contributed by atoms with van der Waals surface area (Å²) in [5.41, 5.74) is 2.44. The van der Waals surface area contributed by atoms with E-state index in [0.717, 1.165) is 11.1 Å². The Balaban J connectivity index is 2.00. The molecule has 0 saturated heterocycles. The van der Waals surface area contributed by atoms with E-state index in [1.807, 2.05) is 22.7 Å². The molecule has 0 atom stereocenters. The van der Waals surface area contributed by atoms with Crippen molar-refractivity contribution < 1.29 is 9.90 Å². The number of carboxylic acids is 1. The van der Waals surface area contributed by atoms with Gasteiger partial charge >= 0.3 is 5.97 Å². The summed E-state index contributed by atoms with van der Waals surface area (Å²) >= 11 is 0. The molecule has 0 spiro atoms. The van der Waals surface area contributed by atoms with Crippen molar-refractivity contribution in [2.24, 2.45) is 0 Å². The first kappa shape index (κ1) is 11.3. The normalized spacial score (nSPS) is 10.7. The van der Waals surface area contributed by atoms with Crippen LogP contribution in [0.4, 0.5) is 0 Å². The van der Waals surface area contributed by atoms with E-state index >= 15 is 0 Å². The molecule has 0 aliphatic carbocycles. The molecular weight excluding hydrogens is 244 g/mol. The zero-order chi connectivity index (χ0) is 13.2. The third-order valence-corrected chi connectivity index (χ3v) is 2.77. The third kappa shape index (κ3) is 2.15. The first-order chi connectivity index (χ1) is 9.24. The Labute approximate surface area is 108 Å². The van der Waals surface area contributed by atoms with Crippen molar-refractivity contribution in [3.05, 3.63) is 48.8 Å². The van der Waals surface area contributed by atoms with Crippen LogP contribution in [0.2, 0.25) is 0 Å². The van der Waals surface area contributed by atoms with Crippen LogP contribution in [0.15, 0.2) is 43.2 Å². The Morgan fingerprint density at radius 1 is 1.26 bits per heavy atom. The van der Waals surface area contributed by atoms with Crippen LogP contribution in [0.25, 0.3) is 16.9 Å². The molecule has 0 aliphatic heterocycles. The topological polar surface area (TPSA) is 80.4 Å². The van der Waals surface area contributed by atoms with Gasteiger partial charge in [-0.1, -0.05) is 0 Å². The zero-order valence-corrected chi connectivity index (χ0v) is 9.89. The molecule has 0 bridgehead atoms. The Hall–Kier alpha value is -2.76. The van der Waals surface area contributed by atoms with E-state index in [2.05, 4.69) is 15.0 Å². The molecule has 3 aromatic heterocycles. The van der Waals surface area contributed by atoms with Gasteiger partial charge in [0.15, 0.2) is 5.82 Å². The summed E-state index contributed by atoms with van der Waals surface area (Å²) in [6, 6.07) is 3.78. The molecule has 94 valence electrons. The van der Waals surface area contributed by atoms with E-state index < -0.39 is 5.97 Å². The van der Waals surface area contributed by atoms with Crippen molar-refractivity contribution in [2.45, 2.75) is 6.42 Å². The molecule has 0 fully saturated rings. The van der Waals surface area contributed by atoms with E-state index in [0.29, 0.717) is 11.4 Å². The number of aromatic nitrogens is 4. The summed E-state index contributed by atoms with van der Waals surface area (Å²) in [7, 11) is 0. The average Bonchev–Trinajstić information content (AvgIpc) is 2.83. The van der Waals surface area contributed by atoms with Gasteiger partial charge in [-0.05, 0) is 17.7 Å². The molecule has 0 aromatic carbocycles. The van der Waals surface area contributed by atoms with Gasteiger partial charge < -0.3 is 9.51 Å². The summed E-state index contributed by atoms with van der Waals surface area (Å²) in [5.74, 6) is -0.320. The minimum atomic E-state index is -0.892. The molecule has 19 heavy (non-hydrogen) atoms. The standard InChI is InChI=1S/C13H10N4O2/c18-12(19)5-9-6-15-13(16-7-9)10-2-4-17-8-14-3-1-11(10)17/h1-4,6-8H,5H2,(H,18,19). The highest BCUT2D eigenvalue weighted by molar-refractivity contribution is 5.76. The van der Waals surface area contributed by atoms with Crippen molar-refractivity contribution >= 4 is 11.5 Å². The first-order valence-corrected chi connectivity index (χ1v) is 5.68. The van der Waals surface area contributed by atoms with Crippen LogP contribution >= 0.6 is 0 Å². The number of fused-ring (bicyclic) bond motifs is 1. The van der Waals surface area contributed by atoms with Crippen LogP contribution < -0.4 is 0 Å². The predicted octanol–water partition coefficient (Wildman–Crippen LogP) is 1.42. The lowest BCUT2D eigenvalue weighted by molar-refractivity contribution is -0.136. The smallest absolute Gasteiger partial charge is 0.307 e. The molecule has 0 radical (unpaired) electrons. The van der Waals surface area contributed by atoms with Gasteiger partial charge in [-0.15, -0.1) is 0 Å². The maximum Gasteiger partial charge on any atom is 0.307 e. The Morgan fingerprint density at radius 3 is 2.79 bits per heavy atom. The van der Waals surface area contributed by atoms with Gasteiger partial charge in [-0.25, -0.2) is 15.0 Å². The van der Waals surface area contributed by atoms with Crippen molar-refractivity contribution in [3.63, 3.8) is 0 Å². The minimum Gasteiger partial charge on any atom is -0.481 e. The zero-order valence-electron chi connectivity index (χ0n) is 9.89. The molecule has 0 amide bonds. The van der Waals surface area contributed by atoms with Crippen LogP contribution in [0, 0.1) is 0 Å². The molecule has 6 heteroatoms. The van der Waals surface area contributed by atoms with Gasteiger partial charge in [0.1, 0.15) is 0 Å². The minimum absolute atomic E-state index is 0.0687. The van der Waals surface area contributed by atoms with Crippen molar-refractivity contribution in [2.75, 3.05) is 0 Å².